The average Bonchev–Trinajstić information content (AvgIpc) is 2.59. The second kappa shape index (κ2) is 9.72. The number of carbonyl (C=O) groups is 3. The number of piperidine rings is 2. The maximum Gasteiger partial charge on any atom is 0.236 e. The minimum atomic E-state index is -0.275. The molecule has 0 bridgehead atoms. The minimum Gasteiger partial charge on any atom is -0.350 e. The van der Waals surface area contributed by atoms with Gasteiger partial charge in [0.25, 0.3) is 0 Å². The second-order valence-corrected chi connectivity index (χ2v) is 9.66. The molecule has 2 aliphatic heterocycles. The van der Waals surface area contributed by atoms with Crippen LogP contribution in [0, 0.1) is 11.8 Å². The molecule has 0 aromatic rings. The molecule has 1 unspecified atom stereocenters. The standard InChI is InChI=1S/C21H38N4O3/c1-16-7-6-10-25(13-16)20(28)17-8-11-24(12-9-17)19(27)15-23(5)14-18(26)22-21(2,3)4/h16-17H,6-15H2,1-5H3,(H,22,26). The highest BCUT2D eigenvalue weighted by Crippen LogP contribution is 2.23. The molecule has 160 valence electrons. The quantitative estimate of drug-likeness (QED) is 0.764. The molecule has 2 saturated heterocycles. The molecule has 2 rings (SSSR count). The largest absolute Gasteiger partial charge is 0.350 e. The molecule has 7 nitrogen and oxygen atoms in total. The normalized spacial score (nSPS) is 21.7. The van der Waals surface area contributed by atoms with Crippen molar-refractivity contribution in [2.24, 2.45) is 11.8 Å². The number of nitrogens with one attached hydrogen (secondary N) is 1. The molecule has 0 radical (unpaired) electrons. The van der Waals surface area contributed by atoms with E-state index in [1.165, 1.54) is 6.42 Å². The fourth-order valence-electron chi connectivity index (χ4n) is 4.11. The third-order valence-corrected chi connectivity index (χ3v) is 5.50. The average molecular weight is 395 g/mol. The van der Waals surface area contributed by atoms with Crippen LogP contribution >= 0.6 is 0 Å². The first-order chi connectivity index (χ1) is 13.0. The molecule has 7 heteroatoms. The Morgan fingerprint density at radius 1 is 1.00 bits per heavy atom. The third kappa shape index (κ3) is 7.08. The van der Waals surface area contributed by atoms with Crippen molar-refractivity contribution in [2.75, 3.05) is 46.3 Å². The van der Waals surface area contributed by atoms with E-state index in [2.05, 4.69) is 12.2 Å². The van der Waals surface area contributed by atoms with Crippen LogP contribution in [0.5, 0.6) is 0 Å². The Bertz CT molecular complexity index is 564. The number of rotatable bonds is 5. The second-order valence-electron chi connectivity index (χ2n) is 9.66. The van der Waals surface area contributed by atoms with Gasteiger partial charge in [0.05, 0.1) is 13.1 Å². The predicted octanol–water partition coefficient (Wildman–Crippen LogP) is 1.33. The molecular formula is C21H38N4O3. The monoisotopic (exact) mass is 394 g/mol. The maximum absolute atomic E-state index is 12.8. The van der Waals surface area contributed by atoms with E-state index in [9.17, 15) is 14.4 Å². The van der Waals surface area contributed by atoms with Crippen LogP contribution in [0.15, 0.2) is 0 Å². The van der Waals surface area contributed by atoms with Crippen LogP contribution < -0.4 is 5.32 Å². The van der Waals surface area contributed by atoms with Gasteiger partial charge in [0.15, 0.2) is 0 Å². The summed E-state index contributed by atoms with van der Waals surface area (Å²) >= 11 is 0. The summed E-state index contributed by atoms with van der Waals surface area (Å²) in [5, 5.41) is 2.91. The Hall–Kier alpha value is -1.63. The zero-order valence-corrected chi connectivity index (χ0v) is 18.3. The molecule has 2 aliphatic rings. The molecule has 0 aromatic carbocycles. The topological polar surface area (TPSA) is 73.0 Å². The van der Waals surface area contributed by atoms with Gasteiger partial charge in [0.2, 0.25) is 17.7 Å². The van der Waals surface area contributed by atoms with Crippen LogP contribution in [0.2, 0.25) is 0 Å². The predicted molar refractivity (Wildman–Crippen MR) is 110 cm³/mol. The number of amides is 3. The van der Waals surface area contributed by atoms with Crippen molar-refractivity contribution in [3.8, 4) is 0 Å². The lowest BCUT2D eigenvalue weighted by Crippen LogP contribution is -2.49. The molecule has 1 N–H and O–H groups in total. The van der Waals surface area contributed by atoms with Crippen molar-refractivity contribution < 1.29 is 14.4 Å². The molecule has 0 saturated carbocycles. The van der Waals surface area contributed by atoms with E-state index in [1.54, 1.807) is 11.9 Å². The number of likely N-dealkylation sites (N-methyl/N-ethyl adjacent to an activating group) is 1. The lowest BCUT2D eigenvalue weighted by atomic mass is 9.92. The van der Waals surface area contributed by atoms with Crippen molar-refractivity contribution in [2.45, 2.75) is 58.9 Å². The first-order valence-corrected chi connectivity index (χ1v) is 10.6. The molecule has 0 aliphatic carbocycles. The van der Waals surface area contributed by atoms with E-state index < -0.39 is 0 Å². The molecule has 0 aromatic heterocycles. The van der Waals surface area contributed by atoms with Crippen molar-refractivity contribution in [1.82, 2.24) is 20.0 Å². The third-order valence-electron chi connectivity index (χ3n) is 5.50. The smallest absolute Gasteiger partial charge is 0.236 e. The van der Waals surface area contributed by atoms with Crippen LogP contribution in [0.1, 0.15) is 53.4 Å². The summed E-state index contributed by atoms with van der Waals surface area (Å²) in [6.07, 6.45) is 3.78. The summed E-state index contributed by atoms with van der Waals surface area (Å²) in [7, 11) is 1.79. The van der Waals surface area contributed by atoms with Crippen molar-refractivity contribution in [3.05, 3.63) is 0 Å². The SMILES string of the molecule is CC1CCCN(C(=O)C2CCN(C(=O)CN(C)CC(=O)NC(C)(C)C)CC2)C1. The molecule has 28 heavy (non-hydrogen) atoms. The Kier molecular flexibility index (Phi) is 7.87. The van der Waals surface area contributed by atoms with E-state index in [4.69, 9.17) is 0 Å². The summed E-state index contributed by atoms with van der Waals surface area (Å²) < 4.78 is 0. The Balaban J connectivity index is 1.74. The summed E-state index contributed by atoms with van der Waals surface area (Å²) in [5.74, 6) is 0.857. The summed E-state index contributed by atoms with van der Waals surface area (Å²) in [6, 6.07) is 0. The van der Waals surface area contributed by atoms with Gasteiger partial charge in [0.1, 0.15) is 0 Å². The van der Waals surface area contributed by atoms with Gasteiger partial charge in [-0.25, -0.2) is 0 Å². The van der Waals surface area contributed by atoms with Gasteiger partial charge in [-0.3, -0.25) is 19.3 Å². The van der Waals surface area contributed by atoms with E-state index in [-0.39, 0.29) is 42.3 Å². The molecule has 2 fully saturated rings. The molecule has 1 atom stereocenters. The van der Waals surface area contributed by atoms with Crippen molar-refractivity contribution >= 4 is 17.7 Å². The van der Waals surface area contributed by atoms with Crippen molar-refractivity contribution in [3.63, 3.8) is 0 Å². The Morgan fingerprint density at radius 2 is 1.64 bits per heavy atom. The molecule has 2 heterocycles. The number of nitrogens with zero attached hydrogens (tertiary/aromatic N) is 3. The molecule has 0 spiro atoms. The number of hydrogen-bond acceptors (Lipinski definition) is 4. The molecular weight excluding hydrogens is 356 g/mol. The van der Waals surface area contributed by atoms with Gasteiger partial charge < -0.3 is 15.1 Å². The summed E-state index contributed by atoms with van der Waals surface area (Å²) in [6.45, 7) is 11.4. The fourth-order valence-corrected chi connectivity index (χ4v) is 4.11. The van der Waals surface area contributed by atoms with Crippen LogP contribution in [0.3, 0.4) is 0 Å². The van der Waals surface area contributed by atoms with Gasteiger partial charge >= 0.3 is 0 Å². The lowest BCUT2D eigenvalue weighted by Gasteiger charge is -2.37. The van der Waals surface area contributed by atoms with E-state index in [0.29, 0.717) is 19.0 Å². The van der Waals surface area contributed by atoms with E-state index in [1.807, 2.05) is 30.6 Å². The highest BCUT2D eigenvalue weighted by Gasteiger charge is 2.32. The van der Waals surface area contributed by atoms with Crippen LogP contribution in [-0.4, -0.2) is 84.3 Å². The van der Waals surface area contributed by atoms with Gasteiger partial charge in [0, 0.05) is 37.6 Å². The van der Waals surface area contributed by atoms with Gasteiger partial charge in [-0.05, 0) is 59.4 Å². The van der Waals surface area contributed by atoms with E-state index in [0.717, 1.165) is 32.4 Å². The van der Waals surface area contributed by atoms with Crippen LogP contribution in [0.4, 0.5) is 0 Å². The maximum atomic E-state index is 12.8. The lowest BCUT2D eigenvalue weighted by molar-refractivity contribution is -0.142. The highest BCUT2D eigenvalue weighted by atomic mass is 16.2. The van der Waals surface area contributed by atoms with Crippen LogP contribution in [0.25, 0.3) is 0 Å². The Morgan fingerprint density at radius 3 is 2.21 bits per heavy atom. The molecule has 3 amide bonds. The zero-order valence-electron chi connectivity index (χ0n) is 18.3. The van der Waals surface area contributed by atoms with E-state index >= 15 is 0 Å². The summed E-state index contributed by atoms with van der Waals surface area (Å²) in [4.78, 5) is 42.9. The number of likely N-dealkylation sites (tertiary alicyclic amines) is 2. The number of carbonyl (C=O) groups excluding carboxylic acids is 3. The summed E-state index contributed by atoms with van der Waals surface area (Å²) in [5.41, 5.74) is -0.275. The van der Waals surface area contributed by atoms with Gasteiger partial charge in [-0.15, -0.1) is 0 Å². The van der Waals surface area contributed by atoms with Crippen LogP contribution in [-0.2, 0) is 14.4 Å². The van der Waals surface area contributed by atoms with Crippen molar-refractivity contribution in [1.29, 1.82) is 0 Å². The minimum absolute atomic E-state index is 0.0311. The fraction of sp³-hybridized carbons (Fsp3) is 0.857. The highest BCUT2D eigenvalue weighted by molar-refractivity contribution is 5.82. The Labute approximate surface area is 169 Å². The zero-order chi connectivity index (χ0) is 20.9. The first-order valence-electron chi connectivity index (χ1n) is 10.6. The number of hydrogen-bond donors (Lipinski definition) is 1. The van der Waals surface area contributed by atoms with Gasteiger partial charge in [-0.2, -0.15) is 0 Å². The van der Waals surface area contributed by atoms with Gasteiger partial charge in [-0.1, -0.05) is 6.92 Å². The first kappa shape index (κ1) is 22.7.